The summed E-state index contributed by atoms with van der Waals surface area (Å²) in [4.78, 5) is 12.0. The van der Waals surface area contributed by atoms with Gasteiger partial charge in [0, 0.05) is 19.7 Å². The molecule has 7 heteroatoms. The Labute approximate surface area is 123 Å². The molecule has 0 unspecified atom stereocenters. The summed E-state index contributed by atoms with van der Waals surface area (Å²) in [6.45, 7) is 2.68. The highest BCUT2D eigenvalue weighted by Gasteiger charge is 2.22. The highest BCUT2D eigenvalue weighted by molar-refractivity contribution is 5.60. The van der Waals surface area contributed by atoms with Crippen molar-refractivity contribution in [2.45, 2.75) is 12.8 Å². The molecule has 0 bridgehead atoms. The number of anilines is 1. The van der Waals surface area contributed by atoms with Gasteiger partial charge in [-0.2, -0.15) is 0 Å². The third-order valence-electron chi connectivity index (χ3n) is 3.85. The summed E-state index contributed by atoms with van der Waals surface area (Å²) in [7, 11) is 3.14. The van der Waals surface area contributed by atoms with Crippen molar-refractivity contribution in [3.05, 3.63) is 28.1 Å². The van der Waals surface area contributed by atoms with E-state index in [-0.39, 0.29) is 11.4 Å². The third-order valence-corrected chi connectivity index (χ3v) is 3.85. The molecule has 116 valence electrons. The fourth-order valence-corrected chi connectivity index (χ4v) is 2.68. The Kier molecular flexibility index (Phi) is 4.95. The molecule has 0 amide bonds. The maximum absolute atomic E-state index is 14.1. The van der Waals surface area contributed by atoms with Crippen molar-refractivity contribution >= 4 is 11.4 Å². The number of nitro benzene ring substituents is 1. The van der Waals surface area contributed by atoms with Crippen molar-refractivity contribution in [1.82, 2.24) is 5.32 Å². The summed E-state index contributed by atoms with van der Waals surface area (Å²) >= 11 is 0. The maximum atomic E-state index is 14.1. The summed E-state index contributed by atoms with van der Waals surface area (Å²) in [5, 5.41) is 14.2. The van der Waals surface area contributed by atoms with E-state index < -0.39 is 10.7 Å². The van der Waals surface area contributed by atoms with Gasteiger partial charge in [0.15, 0.2) is 11.6 Å². The minimum absolute atomic E-state index is 0.0774. The van der Waals surface area contributed by atoms with E-state index in [2.05, 4.69) is 5.32 Å². The van der Waals surface area contributed by atoms with E-state index in [0.29, 0.717) is 11.6 Å². The van der Waals surface area contributed by atoms with Gasteiger partial charge in [-0.3, -0.25) is 10.1 Å². The van der Waals surface area contributed by atoms with Crippen molar-refractivity contribution in [3.63, 3.8) is 0 Å². The molecular weight excluding hydrogens is 277 g/mol. The van der Waals surface area contributed by atoms with Crippen LogP contribution < -0.4 is 15.0 Å². The van der Waals surface area contributed by atoms with Crippen LogP contribution in [-0.4, -0.2) is 38.7 Å². The van der Waals surface area contributed by atoms with Crippen molar-refractivity contribution < 1.29 is 14.1 Å². The number of nitrogens with one attached hydrogen (secondary N) is 1. The molecule has 0 aromatic heterocycles. The van der Waals surface area contributed by atoms with Gasteiger partial charge < -0.3 is 15.0 Å². The zero-order valence-corrected chi connectivity index (χ0v) is 12.3. The minimum atomic E-state index is -0.640. The van der Waals surface area contributed by atoms with Crippen LogP contribution in [0.4, 0.5) is 15.8 Å². The molecule has 0 radical (unpaired) electrons. The molecule has 1 fully saturated rings. The number of hydrogen-bond donors (Lipinski definition) is 1. The molecule has 1 aromatic carbocycles. The molecule has 0 atom stereocenters. The number of benzene rings is 1. The van der Waals surface area contributed by atoms with Crippen molar-refractivity contribution in [3.8, 4) is 5.75 Å². The zero-order valence-electron chi connectivity index (χ0n) is 12.3. The lowest BCUT2D eigenvalue weighted by molar-refractivity contribution is -0.385. The van der Waals surface area contributed by atoms with Crippen LogP contribution in [0.3, 0.4) is 0 Å². The third kappa shape index (κ3) is 3.60. The Morgan fingerprint density at radius 1 is 1.48 bits per heavy atom. The molecule has 0 aliphatic carbocycles. The number of nitrogens with zero attached hydrogens (tertiary/aromatic N) is 2. The highest BCUT2D eigenvalue weighted by atomic mass is 19.1. The van der Waals surface area contributed by atoms with Crippen molar-refractivity contribution in [2.24, 2.45) is 5.92 Å². The van der Waals surface area contributed by atoms with Gasteiger partial charge in [-0.15, -0.1) is 0 Å². The van der Waals surface area contributed by atoms with Crippen LogP contribution in [-0.2, 0) is 0 Å². The van der Waals surface area contributed by atoms with Gasteiger partial charge in [0.05, 0.1) is 23.8 Å². The van der Waals surface area contributed by atoms with Gasteiger partial charge in [-0.25, -0.2) is 4.39 Å². The second-order valence-corrected chi connectivity index (χ2v) is 5.31. The lowest BCUT2D eigenvalue weighted by atomic mass is 9.97. The van der Waals surface area contributed by atoms with Gasteiger partial charge in [0.2, 0.25) is 0 Å². The van der Waals surface area contributed by atoms with Gasteiger partial charge in [-0.05, 0) is 31.8 Å². The standard InChI is InChI=1S/C14H20FN3O3/c1-17(9-10-3-5-16-6-4-10)12-8-14(21-2)13(18(19)20)7-11(12)15/h7-8,10,16H,3-6,9H2,1-2H3. The van der Waals surface area contributed by atoms with E-state index in [4.69, 9.17) is 4.74 Å². The summed E-state index contributed by atoms with van der Waals surface area (Å²) in [5.41, 5.74) is -0.0231. The first-order valence-corrected chi connectivity index (χ1v) is 6.96. The Balaban J connectivity index is 2.19. The number of ether oxygens (including phenoxy) is 1. The molecule has 1 heterocycles. The summed E-state index contributed by atoms with van der Waals surface area (Å²) in [6.07, 6.45) is 2.10. The normalized spacial score (nSPS) is 15.8. The van der Waals surface area contributed by atoms with E-state index in [1.807, 2.05) is 0 Å². The fraction of sp³-hybridized carbons (Fsp3) is 0.571. The maximum Gasteiger partial charge on any atom is 0.313 e. The van der Waals surface area contributed by atoms with Gasteiger partial charge in [0.25, 0.3) is 0 Å². The first-order valence-electron chi connectivity index (χ1n) is 6.96. The first kappa shape index (κ1) is 15.5. The molecule has 1 aromatic rings. The van der Waals surface area contributed by atoms with Crippen LogP contribution in [0, 0.1) is 21.8 Å². The lowest BCUT2D eigenvalue weighted by Crippen LogP contribution is -2.34. The number of hydrogen-bond acceptors (Lipinski definition) is 5. The van der Waals surface area contributed by atoms with Crippen LogP contribution in [0.1, 0.15) is 12.8 Å². The predicted octanol–water partition coefficient (Wildman–Crippen LogP) is 2.18. The molecule has 0 saturated carbocycles. The molecule has 0 spiro atoms. The van der Waals surface area contributed by atoms with Crippen molar-refractivity contribution in [2.75, 3.05) is 38.7 Å². The van der Waals surface area contributed by atoms with E-state index in [0.717, 1.165) is 38.5 Å². The Bertz CT molecular complexity index is 518. The minimum Gasteiger partial charge on any atom is -0.490 e. The van der Waals surface area contributed by atoms with Crippen LogP contribution in [0.25, 0.3) is 0 Å². The largest absolute Gasteiger partial charge is 0.490 e. The van der Waals surface area contributed by atoms with Crippen LogP contribution in [0.5, 0.6) is 5.75 Å². The van der Waals surface area contributed by atoms with Gasteiger partial charge >= 0.3 is 5.69 Å². The Morgan fingerprint density at radius 2 is 2.14 bits per heavy atom. The SMILES string of the molecule is COc1cc(N(C)CC2CCNCC2)c(F)cc1[N+](=O)[O-]. The number of piperidine rings is 1. The number of methoxy groups -OCH3 is 1. The quantitative estimate of drug-likeness (QED) is 0.666. The van der Waals surface area contributed by atoms with Crippen LogP contribution in [0.2, 0.25) is 0 Å². The molecule has 21 heavy (non-hydrogen) atoms. The van der Waals surface area contributed by atoms with Crippen LogP contribution >= 0.6 is 0 Å². The predicted molar refractivity (Wildman–Crippen MR) is 78.5 cm³/mol. The first-order chi connectivity index (χ1) is 10.0. The Morgan fingerprint density at radius 3 is 2.71 bits per heavy atom. The topological polar surface area (TPSA) is 67.6 Å². The van der Waals surface area contributed by atoms with Gasteiger partial charge in [-0.1, -0.05) is 0 Å². The van der Waals surface area contributed by atoms with E-state index in [1.165, 1.54) is 13.2 Å². The van der Waals surface area contributed by atoms with E-state index in [9.17, 15) is 14.5 Å². The monoisotopic (exact) mass is 297 g/mol. The Hall–Kier alpha value is -1.89. The van der Waals surface area contributed by atoms with E-state index >= 15 is 0 Å². The molecule has 1 saturated heterocycles. The fourth-order valence-electron chi connectivity index (χ4n) is 2.68. The molecule has 1 aliphatic heterocycles. The number of halogens is 1. The van der Waals surface area contributed by atoms with E-state index in [1.54, 1.807) is 11.9 Å². The van der Waals surface area contributed by atoms with Gasteiger partial charge in [0.1, 0.15) is 0 Å². The number of nitro groups is 1. The second-order valence-electron chi connectivity index (χ2n) is 5.31. The average molecular weight is 297 g/mol. The summed E-state index contributed by atoms with van der Waals surface area (Å²) in [6, 6.07) is 2.32. The summed E-state index contributed by atoms with van der Waals surface area (Å²) < 4.78 is 19.1. The molecule has 1 N–H and O–H groups in total. The summed E-state index contributed by atoms with van der Waals surface area (Å²) in [5.74, 6) is -0.0238. The molecule has 2 rings (SSSR count). The number of rotatable bonds is 5. The molecule has 6 nitrogen and oxygen atoms in total. The lowest BCUT2D eigenvalue weighted by Gasteiger charge is -2.29. The molecule has 1 aliphatic rings. The van der Waals surface area contributed by atoms with Crippen molar-refractivity contribution in [1.29, 1.82) is 0 Å². The molecular formula is C14H20FN3O3. The zero-order chi connectivity index (χ0) is 15.4. The average Bonchev–Trinajstić information content (AvgIpc) is 2.47. The second kappa shape index (κ2) is 6.71. The smallest absolute Gasteiger partial charge is 0.313 e. The highest BCUT2D eigenvalue weighted by Crippen LogP contribution is 2.34. The van der Waals surface area contributed by atoms with Crippen LogP contribution in [0.15, 0.2) is 12.1 Å².